The fourth-order valence-electron chi connectivity index (χ4n) is 2.21. The third-order valence-electron chi connectivity index (χ3n) is 3.37. The molecular weight excluding hydrogens is 286 g/mol. The first kappa shape index (κ1) is 16.0. The van der Waals surface area contributed by atoms with E-state index in [9.17, 15) is 0 Å². The summed E-state index contributed by atoms with van der Waals surface area (Å²) in [5, 5.41) is 5.13. The molecular formula is C16H22ClN3O. The lowest BCUT2D eigenvalue weighted by molar-refractivity contribution is 0.139. The van der Waals surface area contributed by atoms with Crippen LogP contribution in [0.2, 0.25) is 5.02 Å². The van der Waals surface area contributed by atoms with Crippen molar-refractivity contribution in [1.29, 1.82) is 0 Å². The van der Waals surface area contributed by atoms with E-state index in [2.05, 4.69) is 41.2 Å². The highest BCUT2D eigenvalue weighted by Gasteiger charge is 2.12. The molecule has 0 N–H and O–H groups in total. The predicted molar refractivity (Wildman–Crippen MR) is 85.4 cm³/mol. The smallest absolute Gasteiger partial charge is 0.0950 e. The van der Waals surface area contributed by atoms with Crippen LogP contribution in [0.4, 0.5) is 0 Å². The van der Waals surface area contributed by atoms with E-state index in [1.54, 1.807) is 11.8 Å². The standard InChI is InChI=1S/C16H22ClN3O/c1-13-4-6-14(7-5-13)10-20(8-9-21-3)12-16-15(17)11-19(2)18-16/h4-7,11H,8-10,12H2,1-3H3. The molecule has 0 fully saturated rings. The summed E-state index contributed by atoms with van der Waals surface area (Å²) in [5.41, 5.74) is 3.46. The van der Waals surface area contributed by atoms with Crippen molar-refractivity contribution >= 4 is 11.6 Å². The Bertz CT molecular complexity index is 565. The molecule has 0 saturated carbocycles. The lowest BCUT2D eigenvalue weighted by atomic mass is 10.1. The lowest BCUT2D eigenvalue weighted by Gasteiger charge is -2.21. The zero-order chi connectivity index (χ0) is 15.2. The van der Waals surface area contributed by atoms with Crippen LogP contribution in [0, 0.1) is 6.92 Å². The molecule has 5 heteroatoms. The zero-order valence-electron chi connectivity index (χ0n) is 12.8. The second kappa shape index (κ2) is 7.59. The summed E-state index contributed by atoms with van der Waals surface area (Å²) in [4.78, 5) is 2.29. The molecule has 0 spiro atoms. The molecule has 4 nitrogen and oxygen atoms in total. The molecule has 0 radical (unpaired) electrons. The molecule has 0 saturated heterocycles. The maximum atomic E-state index is 6.21. The van der Waals surface area contributed by atoms with Gasteiger partial charge in [-0.1, -0.05) is 41.4 Å². The van der Waals surface area contributed by atoms with Crippen molar-refractivity contribution in [1.82, 2.24) is 14.7 Å². The molecule has 2 aromatic rings. The highest BCUT2D eigenvalue weighted by molar-refractivity contribution is 6.31. The summed E-state index contributed by atoms with van der Waals surface area (Å²) in [6.07, 6.45) is 1.83. The van der Waals surface area contributed by atoms with Crippen LogP contribution in [0.5, 0.6) is 0 Å². The van der Waals surface area contributed by atoms with Crippen LogP contribution < -0.4 is 0 Å². The van der Waals surface area contributed by atoms with Crippen molar-refractivity contribution in [2.24, 2.45) is 7.05 Å². The molecule has 1 aromatic carbocycles. The minimum absolute atomic E-state index is 0.691. The number of nitrogens with zero attached hydrogens (tertiary/aromatic N) is 3. The van der Waals surface area contributed by atoms with E-state index in [1.807, 2.05) is 13.2 Å². The Morgan fingerprint density at radius 3 is 2.52 bits per heavy atom. The van der Waals surface area contributed by atoms with Crippen molar-refractivity contribution in [2.75, 3.05) is 20.3 Å². The molecule has 0 unspecified atom stereocenters. The molecule has 1 heterocycles. The SMILES string of the molecule is COCCN(Cc1ccc(C)cc1)Cc1nn(C)cc1Cl. The third-order valence-corrected chi connectivity index (χ3v) is 3.68. The van der Waals surface area contributed by atoms with E-state index >= 15 is 0 Å². The lowest BCUT2D eigenvalue weighted by Crippen LogP contribution is -2.27. The molecule has 0 atom stereocenters. The molecule has 114 valence electrons. The number of methoxy groups -OCH3 is 1. The summed E-state index contributed by atoms with van der Waals surface area (Å²) in [7, 11) is 3.60. The summed E-state index contributed by atoms with van der Waals surface area (Å²) in [6, 6.07) is 8.60. The van der Waals surface area contributed by atoms with E-state index in [0.29, 0.717) is 11.6 Å². The molecule has 0 aliphatic rings. The minimum atomic E-state index is 0.691. The fourth-order valence-corrected chi connectivity index (χ4v) is 2.45. The van der Waals surface area contributed by atoms with Crippen LogP contribution in [0.15, 0.2) is 30.5 Å². The summed E-state index contributed by atoms with van der Waals surface area (Å²) >= 11 is 6.21. The van der Waals surface area contributed by atoms with Gasteiger partial charge < -0.3 is 4.74 Å². The molecule has 0 aliphatic carbocycles. The predicted octanol–water partition coefficient (Wildman–Crippen LogP) is 3.03. The van der Waals surface area contributed by atoms with Crippen LogP contribution in [-0.4, -0.2) is 34.9 Å². The quantitative estimate of drug-likeness (QED) is 0.787. The largest absolute Gasteiger partial charge is 0.383 e. The molecule has 0 bridgehead atoms. The van der Waals surface area contributed by atoms with Gasteiger partial charge in [0, 0.05) is 40.0 Å². The van der Waals surface area contributed by atoms with Crippen molar-refractivity contribution in [2.45, 2.75) is 20.0 Å². The molecule has 0 amide bonds. The van der Waals surface area contributed by atoms with E-state index < -0.39 is 0 Å². The number of aromatic nitrogens is 2. The fraction of sp³-hybridized carbons (Fsp3) is 0.438. The number of benzene rings is 1. The van der Waals surface area contributed by atoms with Gasteiger partial charge in [-0.25, -0.2) is 0 Å². The number of halogens is 1. The number of hydrogen-bond donors (Lipinski definition) is 0. The Morgan fingerprint density at radius 1 is 1.24 bits per heavy atom. The van der Waals surface area contributed by atoms with E-state index in [1.165, 1.54) is 11.1 Å². The van der Waals surface area contributed by atoms with Gasteiger partial charge in [-0.15, -0.1) is 0 Å². The van der Waals surface area contributed by atoms with E-state index in [4.69, 9.17) is 16.3 Å². The van der Waals surface area contributed by atoms with Crippen molar-refractivity contribution in [3.8, 4) is 0 Å². The van der Waals surface area contributed by atoms with E-state index in [0.717, 1.165) is 25.3 Å². The second-order valence-corrected chi connectivity index (χ2v) is 5.69. The van der Waals surface area contributed by atoms with Gasteiger partial charge in [0.25, 0.3) is 0 Å². The molecule has 0 aliphatic heterocycles. The number of hydrogen-bond acceptors (Lipinski definition) is 3. The van der Waals surface area contributed by atoms with Gasteiger partial charge in [0.1, 0.15) is 0 Å². The topological polar surface area (TPSA) is 30.3 Å². The first-order valence-electron chi connectivity index (χ1n) is 7.03. The van der Waals surface area contributed by atoms with Gasteiger partial charge in [0.05, 0.1) is 17.3 Å². The zero-order valence-corrected chi connectivity index (χ0v) is 13.6. The second-order valence-electron chi connectivity index (χ2n) is 5.29. The highest BCUT2D eigenvalue weighted by atomic mass is 35.5. The summed E-state index contributed by atoms with van der Waals surface area (Å²) < 4.78 is 6.95. The minimum Gasteiger partial charge on any atom is -0.383 e. The molecule has 1 aromatic heterocycles. The molecule has 21 heavy (non-hydrogen) atoms. The van der Waals surface area contributed by atoms with Crippen LogP contribution in [-0.2, 0) is 24.9 Å². The average Bonchev–Trinajstić information content (AvgIpc) is 2.76. The first-order chi connectivity index (χ1) is 10.1. The van der Waals surface area contributed by atoms with Gasteiger partial charge in [0.2, 0.25) is 0 Å². The van der Waals surface area contributed by atoms with Crippen LogP contribution >= 0.6 is 11.6 Å². The van der Waals surface area contributed by atoms with E-state index in [-0.39, 0.29) is 0 Å². The Morgan fingerprint density at radius 2 is 1.95 bits per heavy atom. The number of ether oxygens (including phenoxy) is 1. The maximum absolute atomic E-state index is 6.21. The first-order valence-corrected chi connectivity index (χ1v) is 7.41. The third kappa shape index (κ3) is 4.84. The van der Waals surface area contributed by atoms with Crippen molar-refractivity contribution < 1.29 is 4.74 Å². The maximum Gasteiger partial charge on any atom is 0.0950 e. The van der Waals surface area contributed by atoms with Gasteiger partial charge in [-0.05, 0) is 12.5 Å². The van der Waals surface area contributed by atoms with Gasteiger partial charge in [-0.2, -0.15) is 5.10 Å². The highest BCUT2D eigenvalue weighted by Crippen LogP contribution is 2.17. The Labute approximate surface area is 131 Å². The number of rotatable bonds is 7. The van der Waals surface area contributed by atoms with Crippen molar-refractivity contribution in [3.05, 3.63) is 52.3 Å². The summed E-state index contributed by atoms with van der Waals surface area (Å²) in [6.45, 7) is 5.21. The van der Waals surface area contributed by atoms with Crippen LogP contribution in [0.25, 0.3) is 0 Å². The number of aryl methyl sites for hydroxylation is 2. The van der Waals surface area contributed by atoms with Crippen LogP contribution in [0.1, 0.15) is 16.8 Å². The normalized spacial score (nSPS) is 11.3. The van der Waals surface area contributed by atoms with Crippen molar-refractivity contribution in [3.63, 3.8) is 0 Å². The van der Waals surface area contributed by atoms with Gasteiger partial charge >= 0.3 is 0 Å². The Balaban J connectivity index is 2.06. The Kier molecular flexibility index (Phi) is 5.79. The van der Waals surface area contributed by atoms with Gasteiger partial charge in [0.15, 0.2) is 0 Å². The monoisotopic (exact) mass is 307 g/mol. The average molecular weight is 308 g/mol. The van der Waals surface area contributed by atoms with Gasteiger partial charge in [-0.3, -0.25) is 9.58 Å². The van der Waals surface area contributed by atoms with Crippen LogP contribution in [0.3, 0.4) is 0 Å². The molecule has 2 rings (SSSR count). The summed E-state index contributed by atoms with van der Waals surface area (Å²) in [5.74, 6) is 0. The Hall–Kier alpha value is -1.36.